The third kappa shape index (κ3) is 15.9. The molecule has 0 spiro atoms. The lowest BCUT2D eigenvalue weighted by molar-refractivity contribution is -0.144. The van der Waals surface area contributed by atoms with Gasteiger partial charge in [-0.3, -0.25) is 19.5 Å². The number of hydrogen-bond donors (Lipinski definition) is 6. The molecule has 1 saturated heterocycles. The molecule has 0 bridgehead atoms. The zero-order valence-electron chi connectivity index (χ0n) is 40.5. The molecule has 1 aliphatic heterocycles. The summed E-state index contributed by atoms with van der Waals surface area (Å²) < 4.78 is 36.2. The van der Waals surface area contributed by atoms with Crippen LogP contribution in [0.2, 0.25) is 0 Å². The number of nitriles is 1. The quantitative estimate of drug-likeness (QED) is 0.00850. The smallest absolute Gasteiger partial charge is 0.466 e. The van der Waals surface area contributed by atoms with Crippen molar-refractivity contribution in [2.45, 2.75) is 95.4 Å². The van der Waals surface area contributed by atoms with Crippen molar-refractivity contribution in [3.63, 3.8) is 0 Å². The van der Waals surface area contributed by atoms with Crippen LogP contribution in [0.15, 0.2) is 85.5 Å². The molecule has 390 valence electrons. The molecule has 5 aromatic rings. The van der Waals surface area contributed by atoms with Crippen molar-refractivity contribution < 1.29 is 57.3 Å². The lowest BCUT2D eigenvalue weighted by atomic mass is 9.98. The number of rotatable bonds is 30. The topological polar surface area (TPSA) is 271 Å². The SMILES string of the molecule is CCCCNC(O)CCC(=O)OCCCSSCCCO[P+](O)(OCCC#N)OC1CC(n2cnc3c(NC(=O)c4ccc(CNC(=O)OCC5c6ccccc6-c6ccccc65)cc4)ncnc32)O[C@@H]1CO. The van der Waals surface area contributed by atoms with Crippen molar-refractivity contribution in [1.29, 1.82) is 5.26 Å². The highest BCUT2D eigenvalue weighted by molar-refractivity contribution is 8.76. The number of aliphatic hydroxyl groups excluding tert-OH is 2. The first-order chi connectivity index (χ1) is 35.6. The van der Waals surface area contributed by atoms with Gasteiger partial charge in [0.15, 0.2) is 17.0 Å². The van der Waals surface area contributed by atoms with Crippen molar-refractivity contribution in [2.24, 2.45) is 0 Å². The molecule has 1 fully saturated rings. The zero-order valence-corrected chi connectivity index (χ0v) is 43.0. The number of aliphatic hydroxyl groups is 2. The van der Waals surface area contributed by atoms with Crippen LogP contribution < -0.4 is 16.0 Å². The maximum Gasteiger partial charge on any atom is 0.572 e. The van der Waals surface area contributed by atoms with Gasteiger partial charge < -0.3 is 35.1 Å². The van der Waals surface area contributed by atoms with Gasteiger partial charge >= 0.3 is 20.2 Å². The number of unbranched alkanes of at least 4 members (excludes halogenated alkanes) is 1. The minimum atomic E-state index is -3.99. The minimum Gasteiger partial charge on any atom is -0.466 e. The monoisotopic (exact) mass is 1060 g/mol. The number of nitrogens with zero attached hydrogens (tertiary/aromatic N) is 5. The number of alkyl carbamates (subject to hydrolysis) is 1. The molecular weight excluding hydrogens is 1000 g/mol. The predicted octanol–water partition coefficient (Wildman–Crippen LogP) is 7.59. The number of esters is 1. The van der Waals surface area contributed by atoms with Crippen LogP contribution in [-0.4, -0.2) is 122 Å². The second-order valence-electron chi connectivity index (χ2n) is 17.0. The zero-order chi connectivity index (χ0) is 51.4. The fourth-order valence-corrected chi connectivity index (χ4v) is 11.7. The molecule has 3 heterocycles. The highest BCUT2D eigenvalue weighted by Crippen LogP contribution is 2.61. The first kappa shape index (κ1) is 55.5. The van der Waals surface area contributed by atoms with E-state index < -0.39 is 51.4 Å². The van der Waals surface area contributed by atoms with E-state index in [0.29, 0.717) is 49.4 Å². The van der Waals surface area contributed by atoms with Gasteiger partial charge in [0.05, 0.1) is 32.0 Å². The van der Waals surface area contributed by atoms with Crippen LogP contribution in [-0.2, 0) is 39.1 Å². The standard InChI is InChI=1S/C50H61N8O12PS2/c1-2-3-22-52-43(60)19-20-45(61)65-23-9-26-72-73-27-10-25-68-71(64,67-24-8-21-51)70-41-28-44(69-42(41)30-59)58-33-56-46-47(54-32-55-48(46)58)57-49(62)35-17-15-34(16-18-35)29-53-50(63)66-31-40-38-13-6-4-11-36(38)37-12-5-7-14-39(37)40/h4-7,11-18,32-33,40-44,52,59-60,64H,2-3,8-10,19-20,22-31H2,1H3,(H-,53,54,55,57,62,63)/p+1/t41?,42-,43?,44?,71?/m1/s1. The Hall–Kier alpha value is -5.28. The molecule has 2 aliphatic rings. The summed E-state index contributed by atoms with van der Waals surface area (Å²) in [6.45, 7) is 2.94. The van der Waals surface area contributed by atoms with Gasteiger partial charge in [0.2, 0.25) is 0 Å². The maximum absolute atomic E-state index is 13.4. The molecule has 73 heavy (non-hydrogen) atoms. The van der Waals surface area contributed by atoms with Crippen molar-refractivity contribution in [2.75, 3.05) is 56.4 Å². The highest BCUT2D eigenvalue weighted by Gasteiger charge is 2.52. The Labute approximate surface area is 432 Å². The van der Waals surface area contributed by atoms with Crippen LogP contribution in [0.4, 0.5) is 10.6 Å². The van der Waals surface area contributed by atoms with Gasteiger partial charge in [-0.05, 0) is 72.2 Å². The van der Waals surface area contributed by atoms with Crippen molar-refractivity contribution in [3.8, 4) is 17.2 Å². The Morgan fingerprint density at radius 1 is 0.932 bits per heavy atom. The Morgan fingerprint density at radius 3 is 2.36 bits per heavy atom. The third-order valence-electron chi connectivity index (χ3n) is 11.9. The molecule has 2 amide bonds. The van der Waals surface area contributed by atoms with Crippen LogP contribution >= 0.6 is 29.8 Å². The van der Waals surface area contributed by atoms with Crippen LogP contribution in [0.5, 0.6) is 0 Å². The van der Waals surface area contributed by atoms with E-state index in [-0.39, 0.29) is 68.8 Å². The fraction of sp³-hybridized carbons (Fsp3) is 0.460. The van der Waals surface area contributed by atoms with Crippen LogP contribution in [0.1, 0.15) is 97.5 Å². The largest absolute Gasteiger partial charge is 0.572 e. The van der Waals surface area contributed by atoms with Gasteiger partial charge in [0.25, 0.3) is 5.91 Å². The average molecular weight is 1060 g/mol. The second kappa shape index (κ2) is 28.4. The summed E-state index contributed by atoms with van der Waals surface area (Å²) in [5, 5.41) is 37.9. The third-order valence-corrected chi connectivity index (χ3v) is 16.0. The number of aromatic nitrogens is 4. The van der Waals surface area contributed by atoms with Gasteiger partial charge in [-0.15, -0.1) is 4.52 Å². The van der Waals surface area contributed by atoms with E-state index in [4.69, 9.17) is 33.0 Å². The number of carbonyl (C=O) groups excluding carboxylic acids is 3. The summed E-state index contributed by atoms with van der Waals surface area (Å²) >= 11 is 0. The molecule has 23 heteroatoms. The molecule has 0 radical (unpaired) electrons. The summed E-state index contributed by atoms with van der Waals surface area (Å²) in [5.41, 5.74) is 6.24. The highest BCUT2D eigenvalue weighted by atomic mass is 33.1. The first-order valence-corrected chi connectivity index (χ1v) is 28.3. The van der Waals surface area contributed by atoms with E-state index in [1.54, 1.807) is 50.4 Å². The first-order valence-electron chi connectivity index (χ1n) is 24.3. The second-order valence-corrected chi connectivity index (χ2v) is 21.4. The maximum atomic E-state index is 13.4. The van der Waals surface area contributed by atoms with E-state index in [2.05, 4.69) is 62.1 Å². The number of ether oxygens (including phenoxy) is 3. The van der Waals surface area contributed by atoms with Gasteiger partial charge in [0, 0.05) is 42.4 Å². The molecule has 6 N–H and O–H groups in total. The van der Waals surface area contributed by atoms with E-state index in [9.17, 15) is 29.5 Å². The summed E-state index contributed by atoms with van der Waals surface area (Å²) in [6.07, 6.45) is 2.66. The summed E-state index contributed by atoms with van der Waals surface area (Å²) in [5.74, 6) is 0.726. The van der Waals surface area contributed by atoms with E-state index in [0.717, 1.165) is 46.4 Å². The van der Waals surface area contributed by atoms with Crippen LogP contribution in [0.25, 0.3) is 22.3 Å². The van der Waals surface area contributed by atoms with Gasteiger partial charge in [-0.25, -0.2) is 19.7 Å². The van der Waals surface area contributed by atoms with Crippen molar-refractivity contribution >= 4 is 64.7 Å². The molecule has 20 nitrogen and oxygen atoms in total. The Morgan fingerprint density at radius 2 is 1.64 bits per heavy atom. The molecule has 4 unspecified atom stereocenters. The summed E-state index contributed by atoms with van der Waals surface area (Å²) in [4.78, 5) is 62.8. The summed E-state index contributed by atoms with van der Waals surface area (Å²) in [7, 11) is -0.769. The molecule has 5 atom stereocenters. The lowest BCUT2D eigenvalue weighted by Gasteiger charge is -2.20. The number of carbonyl (C=O) groups is 3. The van der Waals surface area contributed by atoms with E-state index in [1.165, 1.54) is 12.7 Å². The fourth-order valence-electron chi connectivity index (χ4n) is 8.15. The van der Waals surface area contributed by atoms with E-state index in [1.807, 2.05) is 30.3 Å². The molecule has 0 saturated carbocycles. The Bertz CT molecular complexity index is 2580. The number of fused-ring (bicyclic) bond motifs is 4. The number of benzene rings is 3. The number of amides is 2. The summed E-state index contributed by atoms with van der Waals surface area (Å²) in [6, 6.07) is 25.0. The van der Waals surface area contributed by atoms with Crippen molar-refractivity contribution in [1.82, 2.24) is 30.2 Å². The lowest BCUT2D eigenvalue weighted by Crippen LogP contribution is -2.30. The molecule has 1 aliphatic carbocycles. The van der Waals surface area contributed by atoms with Gasteiger partial charge in [-0.2, -0.15) is 19.2 Å². The minimum absolute atomic E-state index is 0.0175. The van der Waals surface area contributed by atoms with Gasteiger partial charge in [-0.1, -0.05) is 95.6 Å². The van der Waals surface area contributed by atoms with Gasteiger partial charge in [0.1, 0.15) is 50.8 Å². The number of nitrogens with one attached hydrogen (secondary N) is 3. The number of anilines is 1. The number of imidazole rings is 1. The Kier molecular flexibility index (Phi) is 21.6. The average Bonchev–Trinajstić information content (AvgIpc) is 4.11. The Balaban J connectivity index is 0.841. The predicted molar refractivity (Wildman–Crippen MR) is 277 cm³/mol. The molecule has 7 rings (SSSR count). The molecule has 2 aromatic heterocycles. The van der Waals surface area contributed by atoms with Crippen LogP contribution in [0, 0.1) is 11.3 Å². The molecule has 3 aromatic carbocycles. The number of hydrogen-bond acceptors (Lipinski definition) is 19. The van der Waals surface area contributed by atoms with E-state index >= 15 is 0 Å². The van der Waals surface area contributed by atoms with Crippen LogP contribution in [0.3, 0.4) is 0 Å². The van der Waals surface area contributed by atoms with Crippen molar-refractivity contribution in [3.05, 3.63) is 108 Å². The normalized spacial score (nSPS) is 17.3. The molecular formula is C50H62N8O12PS2+.